The molecule has 0 heterocycles. The highest BCUT2D eigenvalue weighted by Crippen LogP contribution is 2.47. The molecular weight excluding hydrogens is 344 g/mol. The fourth-order valence-electron chi connectivity index (χ4n) is 3.38. The molecule has 26 heavy (non-hydrogen) atoms. The van der Waals surface area contributed by atoms with Crippen molar-refractivity contribution in [3.05, 3.63) is 23.9 Å². The number of esters is 2. The van der Waals surface area contributed by atoms with Gasteiger partial charge in [0.1, 0.15) is 0 Å². The van der Waals surface area contributed by atoms with E-state index in [4.69, 9.17) is 9.47 Å². The summed E-state index contributed by atoms with van der Waals surface area (Å²) in [6, 6.07) is 0. The lowest BCUT2D eigenvalue weighted by Gasteiger charge is -2.27. The Morgan fingerprint density at radius 2 is 1.58 bits per heavy atom. The smallest absolute Gasteiger partial charge is 0.347 e. The number of ether oxygens (including phenoxy) is 2. The van der Waals surface area contributed by atoms with Gasteiger partial charge in [-0.2, -0.15) is 0 Å². The standard InChI is InChI=1S/C17H22N2O7/c1-3-25-16(23)11(17(24)26-4-2)8-18-19-14(20)12-9-5-6-10(7-9)13(12)15(21)22/h5-6,8-10,12-13,18H,3-4,7H2,1-2H3,(H,19,20)(H,21,22)/p-1/t9-,10-,12+,13-/m0/s1. The summed E-state index contributed by atoms with van der Waals surface area (Å²) in [5, 5.41) is 11.3. The number of carboxylic acid groups (broad SMARTS) is 1. The molecule has 1 fully saturated rings. The third kappa shape index (κ3) is 4.04. The number of rotatable bonds is 8. The predicted molar refractivity (Wildman–Crippen MR) is 85.4 cm³/mol. The number of hydrogen-bond acceptors (Lipinski definition) is 8. The maximum Gasteiger partial charge on any atom is 0.347 e. The lowest BCUT2D eigenvalue weighted by molar-refractivity contribution is -0.313. The van der Waals surface area contributed by atoms with Crippen LogP contribution in [0.4, 0.5) is 0 Å². The van der Waals surface area contributed by atoms with E-state index in [2.05, 4.69) is 10.9 Å². The Morgan fingerprint density at radius 1 is 1.04 bits per heavy atom. The Hall–Kier alpha value is -2.84. The lowest BCUT2D eigenvalue weighted by atomic mass is 9.82. The van der Waals surface area contributed by atoms with E-state index in [1.807, 2.05) is 6.08 Å². The minimum atomic E-state index is -1.27. The molecule has 142 valence electrons. The molecule has 9 heteroatoms. The van der Waals surface area contributed by atoms with Crippen LogP contribution in [-0.4, -0.2) is 37.0 Å². The van der Waals surface area contributed by atoms with Crippen molar-refractivity contribution >= 4 is 23.8 Å². The van der Waals surface area contributed by atoms with Gasteiger partial charge in [0, 0.05) is 18.1 Å². The molecule has 0 aromatic heterocycles. The normalized spacial score (nSPS) is 25.3. The molecule has 4 atom stereocenters. The van der Waals surface area contributed by atoms with Crippen LogP contribution >= 0.6 is 0 Å². The molecule has 2 aliphatic rings. The molecule has 0 aromatic carbocycles. The van der Waals surface area contributed by atoms with Gasteiger partial charge in [-0.1, -0.05) is 12.2 Å². The molecule has 2 aliphatic carbocycles. The zero-order chi connectivity index (χ0) is 19.3. The summed E-state index contributed by atoms with van der Waals surface area (Å²) in [5.41, 5.74) is 4.25. The number of carbonyl (C=O) groups excluding carboxylic acids is 4. The van der Waals surface area contributed by atoms with Gasteiger partial charge >= 0.3 is 11.9 Å². The topological polar surface area (TPSA) is 134 Å². The summed E-state index contributed by atoms with van der Waals surface area (Å²) < 4.78 is 9.52. The van der Waals surface area contributed by atoms with Crippen LogP contribution in [0.2, 0.25) is 0 Å². The van der Waals surface area contributed by atoms with Crippen LogP contribution < -0.4 is 16.0 Å². The summed E-state index contributed by atoms with van der Waals surface area (Å²) >= 11 is 0. The number of nitrogens with one attached hydrogen (secondary N) is 2. The van der Waals surface area contributed by atoms with Gasteiger partial charge in [-0.05, 0) is 32.1 Å². The Balaban J connectivity index is 2.03. The first-order valence-corrected chi connectivity index (χ1v) is 8.39. The summed E-state index contributed by atoms with van der Waals surface area (Å²) in [7, 11) is 0. The number of hydrazine groups is 1. The number of aliphatic carboxylic acids is 1. The lowest BCUT2D eigenvalue weighted by Crippen LogP contribution is -2.47. The first-order chi connectivity index (χ1) is 12.4. The van der Waals surface area contributed by atoms with Gasteiger partial charge in [-0.3, -0.25) is 10.2 Å². The summed E-state index contributed by atoms with van der Waals surface area (Å²) in [6.07, 6.45) is 5.17. The monoisotopic (exact) mass is 365 g/mol. The molecule has 0 unspecified atom stereocenters. The minimum Gasteiger partial charge on any atom is -0.550 e. The van der Waals surface area contributed by atoms with Crippen LogP contribution in [0.1, 0.15) is 20.3 Å². The number of fused-ring (bicyclic) bond motifs is 2. The first-order valence-electron chi connectivity index (χ1n) is 8.39. The molecule has 2 rings (SSSR count). The van der Waals surface area contributed by atoms with Crippen molar-refractivity contribution in [2.24, 2.45) is 23.7 Å². The van der Waals surface area contributed by atoms with Gasteiger partial charge in [-0.15, -0.1) is 0 Å². The number of allylic oxidation sites excluding steroid dienone is 2. The summed E-state index contributed by atoms with van der Waals surface area (Å²) in [5.74, 6) is -5.69. The average molecular weight is 365 g/mol. The number of amides is 1. The highest BCUT2D eigenvalue weighted by Gasteiger charge is 2.48. The van der Waals surface area contributed by atoms with Crippen molar-refractivity contribution < 1.29 is 33.8 Å². The third-order valence-corrected chi connectivity index (χ3v) is 4.44. The molecular formula is C17H21N2O7-. The highest BCUT2D eigenvalue weighted by molar-refractivity contribution is 6.14. The zero-order valence-electron chi connectivity index (χ0n) is 14.5. The molecule has 2 bridgehead atoms. The molecule has 1 amide bonds. The maximum atomic E-state index is 12.4. The largest absolute Gasteiger partial charge is 0.550 e. The number of hydrogen-bond donors (Lipinski definition) is 2. The van der Waals surface area contributed by atoms with Crippen LogP contribution in [0.25, 0.3) is 0 Å². The van der Waals surface area contributed by atoms with Gasteiger partial charge in [0.05, 0.1) is 19.1 Å². The fourth-order valence-corrected chi connectivity index (χ4v) is 3.38. The Morgan fingerprint density at radius 3 is 2.08 bits per heavy atom. The molecule has 2 N–H and O–H groups in total. The first kappa shape index (κ1) is 19.5. The second-order valence-corrected chi connectivity index (χ2v) is 5.95. The summed E-state index contributed by atoms with van der Waals surface area (Å²) in [4.78, 5) is 47.3. The van der Waals surface area contributed by atoms with E-state index < -0.39 is 41.2 Å². The van der Waals surface area contributed by atoms with Gasteiger partial charge in [0.25, 0.3) is 0 Å². The molecule has 0 radical (unpaired) electrons. The Labute approximate surface area is 150 Å². The number of carbonyl (C=O) groups is 4. The van der Waals surface area contributed by atoms with E-state index >= 15 is 0 Å². The molecule has 9 nitrogen and oxygen atoms in total. The maximum absolute atomic E-state index is 12.4. The van der Waals surface area contributed by atoms with Crippen molar-refractivity contribution in [3.63, 3.8) is 0 Å². The van der Waals surface area contributed by atoms with E-state index in [-0.39, 0.29) is 25.0 Å². The molecule has 0 spiro atoms. The van der Waals surface area contributed by atoms with Gasteiger partial charge in [0.2, 0.25) is 5.91 Å². The Bertz CT molecular complexity index is 635. The van der Waals surface area contributed by atoms with Crippen molar-refractivity contribution in [1.29, 1.82) is 0 Å². The SMILES string of the molecule is CCOC(=O)C(=CNNC(=O)[C@H]1[C@@H](C(=O)[O-])[C@H]2C=C[C@H]1C2)C(=O)OCC. The van der Waals surface area contributed by atoms with Crippen molar-refractivity contribution in [3.8, 4) is 0 Å². The molecule has 0 aromatic rings. The quantitative estimate of drug-likeness (QED) is 0.137. The highest BCUT2D eigenvalue weighted by atomic mass is 16.6. The number of carboxylic acids is 1. The summed E-state index contributed by atoms with van der Waals surface area (Å²) in [6.45, 7) is 3.29. The van der Waals surface area contributed by atoms with Crippen LogP contribution in [0.5, 0.6) is 0 Å². The van der Waals surface area contributed by atoms with E-state index in [1.54, 1.807) is 19.9 Å². The van der Waals surface area contributed by atoms with Crippen molar-refractivity contribution in [1.82, 2.24) is 10.9 Å². The van der Waals surface area contributed by atoms with Crippen LogP contribution in [0.15, 0.2) is 23.9 Å². The van der Waals surface area contributed by atoms with Crippen molar-refractivity contribution in [2.45, 2.75) is 20.3 Å². The fraction of sp³-hybridized carbons (Fsp3) is 0.529. The second kappa shape index (κ2) is 8.50. The van der Waals surface area contributed by atoms with Gasteiger partial charge in [-0.25, -0.2) is 9.59 Å². The van der Waals surface area contributed by atoms with E-state index in [0.29, 0.717) is 6.42 Å². The molecule has 1 saturated carbocycles. The second-order valence-electron chi connectivity index (χ2n) is 5.95. The van der Waals surface area contributed by atoms with Crippen LogP contribution in [0.3, 0.4) is 0 Å². The Kier molecular flexibility index (Phi) is 6.37. The minimum absolute atomic E-state index is 0.0622. The zero-order valence-corrected chi connectivity index (χ0v) is 14.5. The third-order valence-electron chi connectivity index (χ3n) is 4.44. The van der Waals surface area contributed by atoms with Crippen LogP contribution in [0, 0.1) is 23.7 Å². The van der Waals surface area contributed by atoms with Gasteiger partial charge < -0.3 is 24.8 Å². The van der Waals surface area contributed by atoms with E-state index in [1.165, 1.54) is 0 Å². The van der Waals surface area contributed by atoms with Gasteiger partial charge in [0.15, 0.2) is 5.57 Å². The predicted octanol–water partition coefficient (Wildman–Crippen LogP) is -1.19. The van der Waals surface area contributed by atoms with Crippen LogP contribution in [-0.2, 0) is 28.7 Å². The average Bonchev–Trinajstić information content (AvgIpc) is 3.19. The molecule has 0 saturated heterocycles. The molecule has 0 aliphatic heterocycles. The van der Waals surface area contributed by atoms with E-state index in [9.17, 15) is 24.3 Å². The van der Waals surface area contributed by atoms with Crippen molar-refractivity contribution in [2.75, 3.05) is 13.2 Å². The van der Waals surface area contributed by atoms with E-state index in [0.717, 1.165) is 6.20 Å².